The van der Waals surface area contributed by atoms with Gasteiger partial charge in [-0.2, -0.15) is 4.98 Å². The zero-order valence-corrected chi connectivity index (χ0v) is 16.5. The van der Waals surface area contributed by atoms with Gasteiger partial charge in [0.15, 0.2) is 11.0 Å². The number of nitrogens with one attached hydrogen (secondary N) is 1. The van der Waals surface area contributed by atoms with Gasteiger partial charge < -0.3 is 9.84 Å². The molecule has 0 radical (unpaired) electrons. The number of hydrogen-bond donors (Lipinski definition) is 1. The topological polar surface area (TPSA) is 101 Å². The highest BCUT2D eigenvalue weighted by Crippen LogP contribution is 2.32. The van der Waals surface area contributed by atoms with Crippen molar-refractivity contribution >= 4 is 38.5 Å². The summed E-state index contributed by atoms with van der Waals surface area (Å²) in [5, 5.41) is 7.43. The van der Waals surface area contributed by atoms with Gasteiger partial charge in [0.25, 0.3) is 0 Å². The first-order valence-corrected chi connectivity index (χ1v) is 10.1. The summed E-state index contributed by atoms with van der Waals surface area (Å²) in [6.45, 7) is 4.71. The second-order valence-electron chi connectivity index (χ2n) is 7.11. The molecule has 4 rings (SSSR count). The van der Waals surface area contributed by atoms with E-state index in [1.807, 2.05) is 38.1 Å². The number of rotatable bonds is 6. The molecule has 1 atom stereocenters. The maximum atomic E-state index is 12.5. The molecule has 1 aliphatic rings. The third-order valence-electron chi connectivity index (χ3n) is 4.63. The van der Waals surface area contributed by atoms with Crippen molar-refractivity contribution in [2.75, 3.05) is 18.0 Å². The van der Waals surface area contributed by atoms with Gasteiger partial charge in [-0.25, -0.2) is 4.98 Å². The van der Waals surface area contributed by atoms with E-state index in [1.165, 1.54) is 11.3 Å². The molecule has 28 heavy (non-hydrogen) atoms. The van der Waals surface area contributed by atoms with Crippen LogP contribution in [0.5, 0.6) is 0 Å². The van der Waals surface area contributed by atoms with Gasteiger partial charge in [0, 0.05) is 31.8 Å². The summed E-state index contributed by atoms with van der Waals surface area (Å²) in [5.74, 6) is 0.755. The Hall–Kier alpha value is -2.81. The van der Waals surface area contributed by atoms with E-state index in [9.17, 15) is 9.59 Å². The quantitative estimate of drug-likeness (QED) is 0.683. The lowest BCUT2D eigenvalue weighted by Gasteiger charge is -2.12. The minimum atomic E-state index is -0.379. The van der Waals surface area contributed by atoms with Crippen LogP contribution >= 0.6 is 11.3 Å². The van der Waals surface area contributed by atoms with Gasteiger partial charge in [0.05, 0.1) is 16.1 Å². The molecule has 1 saturated heterocycles. The van der Waals surface area contributed by atoms with Crippen LogP contribution in [0.15, 0.2) is 28.8 Å². The van der Waals surface area contributed by atoms with E-state index in [4.69, 9.17) is 4.52 Å². The van der Waals surface area contributed by atoms with Crippen molar-refractivity contribution in [1.29, 1.82) is 0 Å². The number of para-hydroxylation sites is 1. The average molecular weight is 399 g/mol. The molecule has 0 spiro atoms. The molecule has 2 aromatic heterocycles. The molecule has 1 unspecified atom stereocenters. The Morgan fingerprint density at radius 1 is 1.36 bits per heavy atom. The number of carbonyl (C=O) groups excluding carboxylic acids is 2. The number of thiazole rings is 1. The van der Waals surface area contributed by atoms with Gasteiger partial charge >= 0.3 is 0 Å². The minimum Gasteiger partial charge on any atom is -0.355 e. The Morgan fingerprint density at radius 3 is 2.93 bits per heavy atom. The molecule has 0 bridgehead atoms. The number of carbonyl (C=O) groups is 2. The van der Waals surface area contributed by atoms with E-state index in [0.717, 1.165) is 10.2 Å². The van der Waals surface area contributed by atoms with Crippen LogP contribution in [0.3, 0.4) is 0 Å². The van der Waals surface area contributed by atoms with Crippen LogP contribution in [0.2, 0.25) is 0 Å². The molecule has 0 saturated carbocycles. The number of amides is 2. The Labute approximate surface area is 165 Å². The number of anilines is 1. The highest BCUT2D eigenvalue weighted by molar-refractivity contribution is 7.22. The van der Waals surface area contributed by atoms with E-state index >= 15 is 0 Å². The molecule has 1 N–H and O–H groups in total. The minimum absolute atomic E-state index is 0.0704. The smallest absolute Gasteiger partial charge is 0.229 e. The molecule has 2 amide bonds. The summed E-state index contributed by atoms with van der Waals surface area (Å²) in [5.41, 5.74) is 0.865. The van der Waals surface area contributed by atoms with Crippen LogP contribution in [0.25, 0.3) is 10.2 Å². The third kappa shape index (κ3) is 3.75. The fourth-order valence-corrected chi connectivity index (χ4v) is 4.08. The summed E-state index contributed by atoms with van der Waals surface area (Å²) in [4.78, 5) is 35.3. The predicted octanol–water partition coefficient (Wildman–Crippen LogP) is 2.51. The lowest BCUT2D eigenvalue weighted by atomic mass is 10.1. The number of aromatic nitrogens is 3. The normalized spacial score (nSPS) is 17.0. The Bertz CT molecular complexity index is 979. The lowest BCUT2D eigenvalue weighted by molar-refractivity contribution is -0.126. The van der Waals surface area contributed by atoms with Gasteiger partial charge in [0.2, 0.25) is 17.7 Å². The average Bonchev–Trinajstić information content (AvgIpc) is 3.38. The monoisotopic (exact) mass is 399 g/mol. The first-order valence-electron chi connectivity index (χ1n) is 9.27. The molecule has 8 nitrogen and oxygen atoms in total. The van der Waals surface area contributed by atoms with Crippen molar-refractivity contribution in [3.8, 4) is 0 Å². The van der Waals surface area contributed by atoms with Crippen LogP contribution in [0, 0.1) is 5.92 Å². The van der Waals surface area contributed by atoms with Crippen molar-refractivity contribution in [3.05, 3.63) is 36.0 Å². The highest BCUT2D eigenvalue weighted by atomic mass is 32.1. The predicted molar refractivity (Wildman–Crippen MR) is 105 cm³/mol. The zero-order valence-electron chi connectivity index (χ0n) is 15.7. The standard InChI is InChI=1S/C19H21N5O3S/c1-11(2)18-22-15(23-27-18)7-8-20-17(26)12-9-16(25)24(10-12)19-21-13-5-3-4-6-14(13)28-19/h3-6,11-12H,7-10H2,1-2H3,(H,20,26). The molecular formula is C19H21N5O3S. The van der Waals surface area contributed by atoms with Gasteiger partial charge in [0.1, 0.15) is 0 Å². The van der Waals surface area contributed by atoms with Crippen LogP contribution < -0.4 is 10.2 Å². The summed E-state index contributed by atoms with van der Waals surface area (Å²) in [6.07, 6.45) is 0.686. The summed E-state index contributed by atoms with van der Waals surface area (Å²) in [7, 11) is 0. The number of fused-ring (bicyclic) bond motifs is 1. The fourth-order valence-electron chi connectivity index (χ4n) is 3.09. The largest absolute Gasteiger partial charge is 0.355 e. The van der Waals surface area contributed by atoms with Crippen LogP contribution in [0.4, 0.5) is 5.13 Å². The van der Waals surface area contributed by atoms with E-state index in [0.29, 0.717) is 36.4 Å². The van der Waals surface area contributed by atoms with E-state index < -0.39 is 0 Å². The van der Waals surface area contributed by atoms with E-state index in [2.05, 4.69) is 20.4 Å². The fraction of sp³-hybridized carbons (Fsp3) is 0.421. The molecule has 9 heteroatoms. The van der Waals surface area contributed by atoms with Crippen molar-refractivity contribution < 1.29 is 14.1 Å². The van der Waals surface area contributed by atoms with Gasteiger partial charge in [-0.05, 0) is 12.1 Å². The van der Waals surface area contributed by atoms with Crippen LogP contribution in [-0.2, 0) is 16.0 Å². The first-order chi connectivity index (χ1) is 13.5. The Morgan fingerprint density at radius 2 is 2.18 bits per heavy atom. The third-order valence-corrected chi connectivity index (χ3v) is 5.69. The second kappa shape index (κ2) is 7.67. The second-order valence-corrected chi connectivity index (χ2v) is 8.12. The molecule has 146 valence electrons. The molecule has 0 aliphatic carbocycles. The SMILES string of the molecule is CC(C)c1nc(CCNC(=O)C2CC(=O)N(c3nc4ccccc4s3)C2)no1. The molecule has 3 aromatic rings. The number of benzene rings is 1. The van der Waals surface area contributed by atoms with Gasteiger partial charge in [-0.15, -0.1) is 0 Å². The highest BCUT2D eigenvalue weighted by Gasteiger charge is 2.36. The summed E-state index contributed by atoms with van der Waals surface area (Å²) >= 11 is 1.47. The molecule has 1 aromatic carbocycles. The first kappa shape index (κ1) is 18.5. The van der Waals surface area contributed by atoms with Crippen molar-refractivity contribution in [2.24, 2.45) is 5.92 Å². The van der Waals surface area contributed by atoms with Crippen molar-refractivity contribution in [3.63, 3.8) is 0 Å². The molecular weight excluding hydrogens is 378 g/mol. The summed E-state index contributed by atoms with van der Waals surface area (Å²) < 4.78 is 6.18. The maximum absolute atomic E-state index is 12.5. The number of nitrogens with zero attached hydrogens (tertiary/aromatic N) is 4. The molecule has 1 fully saturated rings. The maximum Gasteiger partial charge on any atom is 0.229 e. The van der Waals surface area contributed by atoms with E-state index in [-0.39, 0.29) is 30.1 Å². The number of hydrogen-bond acceptors (Lipinski definition) is 7. The summed E-state index contributed by atoms with van der Waals surface area (Å²) in [6, 6.07) is 7.76. The lowest BCUT2D eigenvalue weighted by Crippen LogP contribution is -2.34. The van der Waals surface area contributed by atoms with Crippen LogP contribution in [0.1, 0.15) is 37.9 Å². The van der Waals surface area contributed by atoms with E-state index in [1.54, 1.807) is 4.90 Å². The molecule has 3 heterocycles. The Balaban J connectivity index is 1.33. The van der Waals surface area contributed by atoms with Gasteiger partial charge in [-0.3, -0.25) is 14.5 Å². The van der Waals surface area contributed by atoms with Crippen molar-refractivity contribution in [2.45, 2.75) is 32.6 Å². The Kier molecular flexibility index (Phi) is 5.08. The van der Waals surface area contributed by atoms with Crippen LogP contribution in [-0.4, -0.2) is 40.0 Å². The zero-order chi connectivity index (χ0) is 19.7. The van der Waals surface area contributed by atoms with Gasteiger partial charge in [-0.1, -0.05) is 42.5 Å². The molecule has 1 aliphatic heterocycles. The van der Waals surface area contributed by atoms with Crippen molar-refractivity contribution in [1.82, 2.24) is 20.4 Å².